The number of benzene rings is 1. The van der Waals surface area contributed by atoms with E-state index in [1.165, 1.54) is 30.4 Å². The van der Waals surface area contributed by atoms with Crippen molar-refractivity contribution < 1.29 is 9.59 Å². The van der Waals surface area contributed by atoms with Crippen LogP contribution in [-0.2, 0) is 9.59 Å². The standard InChI is InChI=1S/C8H3BN2O2/c9-7-2-1-6(10-4-12)3-8(7)11-5-13/h1-3H. The molecule has 60 valence electrons. The molecule has 0 saturated heterocycles. The molecule has 4 nitrogen and oxygen atoms in total. The molecule has 0 bridgehead atoms. The average Bonchev–Trinajstić information content (AvgIpc) is 2.12. The van der Waals surface area contributed by atoms with Gasteiger partial charge in [-0.05, 0) is 12.1 Å². The number of hydrogen-bond donors (Lipinski definition) is 0. The van der Waals surface area contributed by atoms with Crippen molar-refractivity contribution in [3.05, 3.63) is 18.2 Å². The summed E-state index contributed by atoms with van der Waals surface area (Å²) in [6.45, 7) is 0. The molecule has 0 atom stereocenters. The van der Waals surface area contributed by atoms with Crippen molar-refractivity contribution in [3.63, 3.8) is 0 Å². The highest BCUT2D eigenvalue weighted by molar-refractivity contribution is 6.35. The topological polar surface area (TPSA) is 58.9 Å². The molecule has 0 aliphatic heterocycles. The van der Waals surface area contributed by atoms with Gasteiger partial charge in [-0.3, -0.25) is 0 Å². The Bertz CT molecular complexity index is 418. The van der Waals surface area contributed by atoms with E-state index in [2.05, 4.69) is 9.98 Å². The fraction of sp³-hybridized carbons (Fsp3) is 0. The van der Waals surface area contributed by atoms with Crippen LogP contribution in [0.25, 0.3) is 0 Å². The molecule has 0 unspecified atom stereocenters. The first-order valence-electron chi connectivity index (χ1n) is 3.33. The maximum absolute atomic E-state index is 9.94. The van der Waals surface area contributed by atoms with E-state index in [1.807, 2.05) is 0 Å². The fourth-order valence-corrected chi connectivity index (χ4v) is 0.800. The molecule has 0 aliphatic carbocycles. The highest BCUT2D eigenvalue weighted by atomic mass is 16.1. The molecule has 1 rings (SSSR count). The van der Waals surface area contributed by atoms with Crippen molar-refractivity contribution >= 4 is 36.8 Å². The van der Waals surface area contributed by atoms with Gasteiger partial charge in [0.1, 0.15) is 7.85 Å². The summed E-state index contributed by atoms with van der Waals surface area (Å²) in [5, 5.41) is 0. The molecule has 1 aromatic rings. The number of hydrogen-bond acceptors (Lipinski definition) is 4. The van der Waals surface area contributed by atoms with Gasteiger partial charge in [-0.1, -0.05) is 11.5 Å². The summed E-state index contributed by atoms with van der Waals surface area (Å²) < 4.78 is 0. The first-order chi connectivity index (χ1) is 6.27. The second-order valence-corrected chi connectivity index (χ2v) is 2.15. The van der Waals surface area contributed by atoms with E-state index in [9.17, 15) is 9.59 Å². The SMILES string of the molecule is [B]c1ccc(N=C=O)cc1N=C=O. The van der Waals surface area contributed by atoms with Gasteiger partial charge in [-0.25, -0.2) is 9.59 Å². The molecule has 1 aromatic carbocycles. The van der Waals surface area contributed by atoms with Crippen molar-refractivity contribution in [2.75, 3.05) is 0 Å². The number of isocyanates is 2. The Balaban J connectivity index is 3.25. The minimum atomic E-state index is 0.242. The van der Waals surface area contributed by atoms with E-state index >= 15 is 0 Å². The van der Waals surface area contributed by atoms with Crippen molar-refractivity contribution in [1.82, 2.24) is 0 Å². The summed E-state index contributed by atoms with van der Waals surface area (Å²) in [5.41, 5.74) is 0.915. The summed E-state index contributed by atoms with van der Waals surface area (Å²) in [4.78, 5) is 26.5. The Kier molecular flexibility index (Phi) is 2.93. The van der Waals surface area contributed by atoms with Crippen LogP contribution >= 0.6 is 0 Å². The predicted molar refractivity (Wildman–Crippen MR) is 47.4 cm³/mol. The normalized spacial score (nSPS) is 8.31. The molecule has 0 aliphatic rings. The van der Waals surface area contributed by atoms with Gasteiger partial charge in [0.05, 0.1) is 11.4 Å². The van der Waals surface area contributed by atoms with Crippen molar-refractivity contribution in [1.29, 1.82) is 0 Å². The lowest BCUT2D eigenvalue weighted by atomic mass is 9.94. The van der Waals surface area contributed by atoms with Gasteiger partial charge < -0.3 is 0 Å². The number of rotatable bonds is 2. The maximum atomic E-state index is 9.94. The molecule has 2 radical (unpaired) electrons. The molecule has 13 heavy (non-hydrogen) atoms. The van der Waals surface area contributed by atoms with Crippen LogP contribution in [0.15, 0.2) is 28.2 Å². The van der Waals surface area contributed by atoms with E-state index < -0.39 is 0 Å². The van der Waals surface area contributed by atoms with Gasteiger partial charge in [-0.15, -0.1) is 0 Å². The average molecular weight is 170 g/mol. The predicted octanol–water partition coefficient (Wildman–Crippen LogP) is 0.415. The summed E-state index contributed by atoms with van der Waals surface area (Å²) >= 11 is 0. The zero-order valence-corrected chi connectivity index (χ0v) is 6.52. The molecule has 0 amide bonds. The largest absolute Gasteiger partial charge is 0.240 e. The monoisotopic (exact) mass is 170 g/mol. The van der Waals surface area contributed by atoms with E-state index in [4.69, 9.17) is 7.85 Å². The van der Waals surface area contributed by atoms with Gasteiger partial charge in [0.2, 0.25) is 12.2 Å². The van der Waals surface area contributed by atoms with Gasteiger partial charge in [0.15, 0.2) is 0 Å². The molecular weight excluding hydrogens is 167 g/mol. The van der Waals surface area contributed by atoms with E-state index in [-0.39, 0.29) is 5.69 Å². The van der Waals surface area contributed by atoms with Crippen molar-refractivity contribution in [2.24, 2.45) is 9.98 Å². The lowest BCUT2D eigenvalue weighted by Gasteiger charge is -1.97. The van der Waals surface area contributed by atoms with Gasteiger partial charge >= 0.3 is 0 Å². The van der Waals surface area contributed by atoms with Crippen LogP contribution in [0.5, 0.6) is 0 Å². The van der Waals surface area contributed by atoms with Crippen molar-refractivity contribution in [3.8, 4) is 0 Å². The molecule has 0 heterocycles. The molecular formula is C8H3BN2O2. The molecule has 5 heteroatoms. The Labute approximate surface area is 75.4 Å². The second kappa shape index (κ2) is 4.17. The Morgan fingerprint density at radius 1 is 1.15 bits per heavy atom. The summed E-state index contributed by atoms with van der Waals surface area (Å²) in [6.07, 6.45) is 2.72. The maximum Gasteiger partial charge on any atom is 0.240 e. The number of aliphatic imine (C=N–C) groups is 2. The third-order valence-corrected chi connectivity index (χ3v) is 1.35. The Morgan fingerprint density at radius 3 is 2.46 bits per heavy atom. The minimum Gasteiger partial charge on any atom is -0.211 e. The van der Waals surface area contributed by atoms with Crippen molar-refractivity contribution in [2.45, 2.75) is 0 Å². The lowest BCUT2D eigenvalue weighted by molar-refractivity contribution is 0.565. The third kappa shape index (κ3) is 2.24. The van der Waals surface area contributed by atoms with Gasteiger partial charge in [0.25, 0.3) is 0 Å². The molecule has 0 fully saturated rings. The Hall–Kier alpha value is -1.96. The lowest BCUT2D eigenvalue weighted by Crippen LogP contribution is -2.00. The zero-order chi connectivity index (χ0) is 9.68. The third-order valence-electron chi connectivity index (χ3n) is 1.35. The van der Waals surface area contributed by atoms with E-state index in [1.54, 1.807) is 0 Å². The first-order valence-corrected chi connectivity index (χ1v) is 3.33. The molecule has 0 aromatic heterocycles. The van der Waals surface area contributed by atoms with Gasteiger partial charge in [-0.2, -0.15) is 9.98 Å². The van der Waals surface area contributed by atoms with Crippen LogP contribution in [0.1, 0.15) is 0 Å². The van der Waals surface area contributed by atoms with Crippen LogP contribution in [0, 0.1) is 0 Å². The smallest absolute Gasteiger partial charge is 0.211 e. The molecule has 0 saturated carbocycles. The summed E-state index contributed by atoms with van der Waals surface area (Å²) in [6, 6.07) is 4.40. The first kappa shape index (κ1) is 9.14. The summed E-state index contributed by atoms with van der Waals surface area (Å²) in [7, 11) is 5.46. The Morgan fingerprint density at radius 2 is 1.85 bits per heavy atom. The van der Waals surface area contributed by atoms with Crippen LogP contribution < -0.4 is 5.46 Å². The van der Waals surface area contributed by atoms with Crippen LogP contribution in [0.3, 0.4) is 0 Å². The van der Waals surface area contributed by atoms with Gasteiger partial charge in [0, 0.05) is 0 Å². The molecule has 0 N–H and O–H groups in total. The number of nitrogens with zero attached hydrogens (tertiary/aromatic N) is 2. The zero-order valence-electron chi connectivity index (χ0n) is 6.52. The second-order valence-electron chi connectivity index (χ2n) is 2.15. The van der Waals surface area contributed by atoms with E-state index in [0.29, 0.717) is 11.2 Å². The van der Waals surface area contributed by atoms with E-state index in [0.717, 1.165) is 0 Å². The highest BCUT2D eigenvalue weighted by Crippen LogP contribution is 2.16. The molecule has 0 spiro atoms. The highest BCUT2D eigenvalue weighted by Gasteiger charge is 1.97. The van der Waals surface area contributed by atoms with Crippen LogP contribution in [0.4, 0.5) is 11.4 Å². The summed E-state index contributed by atoms with van der Waals surface area (Å²) in [5.74, 6) is 0. The van der Waals surface area contributed by atoms with Crippen LogP contribution in [-0.4, -0.2) is 20.0 Å². The number of carbonyl (C=O) groups excluding carboxylic acids is 2. The van der Waals surface area contributed by atoms with Crippen LogP contribution in [0.2, 0.25) is 0 Å². The quantitative estimate of drug-likeness (QED) is 0.366. The minimum absolute atomic E-state index is 0.242. The fourth-order valence-electron chi connectivity index (χ4n) is 0.800.